The second kappa shape index (κ2) is 8.71. The van der Waals surface area contributed by atoms with Gasteiger partial charge < -0.3 is 4.74 Å². The van der Waals surface area contributed by atoms with Crippen molar-refractivity contribution < 1.29 is 17.3 Å². The van der Waals surface area contributed by atoms with Crippen LogP contribution in [0, 0.1) is 17.3 Å². The number of aryl methyl sites for hydroxylation is 1. The van der Waals surface area contributed by atoms with Crippen molar-refractivity contribution in [2.45, 2.75) is 64.1 Å². The maximum Gasteiger partial charge on any atom is 0.338 e. The van der Waals surface area contributed by atoms with Crippen molar-refractivity contribution in [2.75, 3.05) is 14.1 Å². The molecule has 0 amide bonds. The van der Waals surface area contributed by atoms with Crippen LogP contribution < -0.4 is 4.74 Å². The van der Waals surface area contributed by atoms with Gasteiger partial charge in [-0.1, -0.05) is 43.3 Å². The molecular formula is C27H35NO4S. The fourth-order valence-corrected chi connectivity index (χ4v) is 7.51. The van der Waals surface area contributed by atoms with Crippen LogP contribution in [0.15, 0.2) is 48.5 Å². The molecule has 0 heterocycles. The molecule has 2 aromatic rings. The molecule has 2 fully saturated rings. The lowest BCUT2D eigenvalue weighted by Gasteiger charge is -2.50. The number of rotatable bonds is 6. The first-order valence-electron chi connectivity index (χ1n) is 12.2. The third kappa shape index (κ3) is 4.22. The molecule has 33 heavy (non-hydrogen) atoms. The fourth-order valence-electron chi connectivity index (χ4n) is 6.73. The summed E-state index contributed by atoms with van der Waals surface area (Å²) in [6.07, 6.45) is 6.00. The van der Waals surface area contributed by atoms with Crippen LogP contribution in [0.5, 0.6) is 5.75 Å². The Morgan fingerprint density at radius 2 is 1.82 bits per heavy atom. The minimum atomic E-state index is -3.66. The predicted octanol–water partition coefficient (Wildman–Crippen LogP) is 5.31. The van der Waals surface area contributed by atoms with E-state index in [4.69, 9.17) is 8.92 Å². The SMILES string of the molecule is CN(C)S(=O)(=O)O[C@@H]1CCC2C3CCc4cc(OCc5ccccc5)ccc4C3CC[C@@]21C. The number of nitrogens with zero attached hydrogens (tertiary/aromatic N) is 1. The molecule has 0 aromatic heterocycles. The topological polar surface area (TPSA) is 55.8 Å². The average Bonchev–Trinajstić information content (AvgIpc) is 3.13. The van der Waals surface area contributed by atoms with Crippen molar-refractivity contribution in [3.8, 4) is 5.75 Å². The van der Waals surface area contributed by atoms with Gasteiger partial charge >= 0.3 is 10.3 Å². The molecule has 0 aliphatic heterocycles. The smallest absolute Gasteiger partial charge is 0.338 e. The lowest BCUT2D eigenvalue weighted by Crippen LogP contribution is -2.46. The van der Waals surface area contributed by atoms with Gasteiger partial charge in [0.2, 0.25) is 0 Å². The number of hydrogen-bond donors (Lipinski definition) is 0. The molecule has 6 heteroatoms. The highest BCUT2D eigenvalue weighted by Crippen LogP contribution is 2.61. The predicted molar refractivity (Wildman–Crippen MR) is 129 cm³/mol. The van der Waals surface area contributed by atoms with Gasteiger partial charge in [-0.2, -0.15) is 12.7 Å². The van der Waals surface area contributed by atoms with Gasteiger partial charge in [0.05, 0.1) is 6.10 Å². The lowest BCUT2D eigenvalue weighted by molar-refractivity contribution is -0.0103. The zero-order chi connectivity index (χ0) is 23.2. The number of hydrogen-bond acceptors (Lipinski definition) is 4. The van der Waals surface area contributed by atoms with E-state index in [1.165, 1.54) is 35.1 Å². The summed E-state index contributed by atoms with van der Waals surface area (Å²) in [6.45, 7) is 2.86. The number of benzene rings is 2. The number of fused-ring (bicyclic) bond motifs is 5. The lowest BCUT2D eigenvalue weighted by atomic mass is 9.55. The van der Waals surface area contributed by atoms with E-state index in [1.807, 2.05) is 18.2 Å². The van der Waals surface area contributed by atoms with Crippen molar-refractivity contribution in [1.82, 2.24) is 4.31 Å². The third-order valence-corrected chi connectivity index (χ3v) is 9.91. The van der Waals surface area contributed by atoms with Crippen molar-refractivity contribution in [1.29, 1.82) is 0 Å². The maximum absolute atomic E-state index is 12.4. The molecular weight excluding hydrogens is 434 g/mol. The minimum Gasteiger partial charge on any atom is -0.489 e. The van der Waals surface area contributed by atoms with E-state index < -0.39 is 10.3 Å². The highest BCUT2D eigenvalue weighted by Gasteiger charge is 2.56. The zero-order valence-electron chi connectivity index (χ0n) is 19.9. The molecule has 2 aromatic carbocycles. The van der Waals surface area contributed by atoms with Gasteiger partial charge in [0.25, 0.3) is 0 Å². The summed E-state index contributed by atoms with van der Waals surface area (Å²) in [5.41, 5.74) is 4.01. The van der Waals surface area contributed by atoms with Gasteiger partial charge in [-0.15, -0.1) is 0 Å². The molecule has 0 bridgehead atoms. The largest absolute Gasteiger partial charge is 0.489 e. The Bertz CT molecular complexity index is 1100. The van der Waals surface area contributed by atoms with E-state index in [1.54, 1.807) is 0 Å². The fraction of sp³-hybridized carbons (Fsp3) is 0.556. The van der Waals surface area contributed by atoms with Gasteiger partial charge in [-0.05, 0) is 90.5 Å². The molecule has 0 saturated heterocycles. The summed E-state index contributed by atoms with van der Waals surface area (Å²) < 4.78 is 37.8. The molecule has 0 N–H and O–H groups in total. The quantitative estimate of drug-likeness (QED) is 0.575. The summed E-state index contributed by atoms with van der Waals surface area (Å²) in [6, 6.07) is 16.9. The van der Waals surface area contributed by atoms with Crippen LogP contribution in [0.2, 0.25) is 0 Å². The van der Waals surface area contributed by atoms with Crippen LogP contribution in [-0.4, -0.2) is 32.9 Å². The van der Waals surface area contributed by atoms with E-state index in [0.29, 0.717) is 24.4 Å². The number of ether oxygens (including phenoxy) is 1. The molecule has 3 aliphatic rings. The molecule has 0 radical (unpaired) electrons. The van der Waals surface area contributed by atoms with Crippen LogP contribution in [0.1, 0.15) is 61.6 Å². The summed E-state index contributed by atoms with van der Waals surface area (Å²) in [5, 5.41) is 0. The second-order valence-electron chi connectivity index (χ2n) is 10.5. The first kappa shape index (κ1) is 22.9. The van der Waals surface area contributed by atoms with Crippen molar-refractivity contribution in [3.05, 3.63) is 65.2 Å². The monoisotopic (exact) mass is 469 g/mol. The zero-order valence-corrected chi connectivity index (χ0v) is 20.7. The van der Waals surface area contributed by atoms with Crippen LogP contribution in [-0.2, 0) is 27.5 Å². The minimum absolute atomic E-state index is 0.0690. The molecule has 3 aliphatic carbocycles. The van der Waals surface area contributed by atoms with E-state index >= 15 is 0 Å². The Hall–Kier alpha value is -1.89. The summed E-state index contributed by atoms with van der Waals surface area (Å²) >= 11 is 0. The Labute approximate surface area is 198 Å². The molecule has 0 spiro atoms. The second-order valence-corrected chi connectivity index (χ2v) is 12.3. The Balaban J connectivity index is 1.31. The summed E-state index contributed by atoms with van der Waals surface area (Å²) in [5.74, 6) is 2.61. The van der Waals surface area contributed by atoms with Crippen LogP contribution in [0.25, 0.3) is 0 Å². The van der Waals surface area contributed by atoms with Crippen molar-refractivity contribution >= 4 is 10.3 Å². The molecule has 2 saturated carbocycles. The van der Waals surface area contributed by atoms with Crippen LogP contribution in [0.4, 0.5) is 0 Å². The van der Waals surface area contributed by atoms with E-state index in [2.05, 4.69) is 37.3 Å². The summed E-state index contributed by atoms with van der Waals surface area (Å²) in [7, 11) is -0.582. The molecule has 5 nitrogen and oxygen atoms in total. The van der Waals surface area contributed by atoms with Gasteiger partial charge in [-0.25, -0.2) is 0 Å². The normalized spacial score (nSPS) is 31.0. The molecule has 5 rings (SSSR count). The molecule has 3 unspecified atom stereocenters. The maximum atomic E-state index is 12.4. The highest BCUT2D eigenvalue weighted by atomic mass is 32.2. The first-order chi connectivity index (χ1) is 15.8. The van der Waals surface area contributed by atoms with Gasteiger partial charge in [0.1, 0.15) is 12.4 Å². The standard InChI is InChI=1S/C27H35NO4S/c1-27-16-15-23-22-12-10-21(31-18-19-7-5-4-6-8-19)17-20(22)9-11-24(23)25(27)13-14-26(27)32-33(29,30)28(2)3/h4-8,10,12,17,23-26H,9,11,13-16,18H2,1-3H3/t23?,24?,25?,26-,27+/m1/s1. The van der Waals surface area contributed by atoms with Crippen molar-refractivity contribution in [3.63, 3.8) is 0 Å². The van der Waals surface area contributed by atoms with Gasteiger partial charge in [0.15, 0.2) is 0 Å². The highest BCUT2D eigenvalue weighted by molar-refractivity contribution is 7.84. The van der Waals surface area contributed by atoms with E-state index in [9.17, 15) is 8.42 Å². The van der Waals surface area contributed by atoms with Gasteiger partial charge in [-0.3, -0.25) is 4.18 Å². The summed E-state index contributed by atoms with van der Waals surface area (Å²) in [4.78, 5) is 0. The van der Waals surface area contributed by atoms with Gasteiger partial charge in [0, 0.05) is 14.1 Å². The Morgan fingerprint density at radius 3 is 2.58 bits per heavy atom. The van der Waals surface area contributed by atoms with E-state index in [-0.39, 0.29) is 11.5 Å². The first-order valence-corrected chi connectivity index (χ1v) is 13.5. The Morgan fingerprint density at radius 1 is 1.03 bits per heavy atom. The molecule has 178 valence electrons. The average molecular weight is 470 g/mol. The molecule has 5 atom stereocenters. The van der Waals surface area contributed by atoms with Crippen LogP contribution >= 0.6 is 0 Å². The van der Waals surface area contributed by atoms with E-state index in [0.717, 1.165) is 44.3 Å². The van der Waals surface area contributed by atoms with Crippen molar-refractivity contribution in [2.24, 2.45) is 17.3 Å². The van der Waals surface area contributed by atoms with Crippen LogP contribution in [0.3, 0.4) is 0 Å². The third-order valence-electron chi connectivity index (χ3n) is 8.54. The Kier molecular flexibility index (Phi) is 6.04.